The molecule has 1 aliphatic rings. The zero-order valence-corrected chi connectivity index (χ0v) is 12.2. The van der Waals surface area contributed by atoms with E-state index in [1.807, 2.05) is 72.8 Å². The predicted octanol–water partition coefficient (Wildman–Crippen LogP) is 3.76. The molecule has 2 aromatic rings. The van der Waals surface area contributed by atoms with Gasteiger partial charge in [0, 0.05) is 17.7 Å². The molecule has 0 saturated heterocycles. The van der Waals surface area contributed by atoms with Crippen LogP contribution in [0.15, 0.2) is 88.7 Å². The van der Waals surface area contributed by atoms with Gasteiger partial charge in [0.05, 0.1) is 5.69 Å². The smallest absolute Gasteiger partial charge is 0.154 e. The standard InChI is InChI=1S/C18H18N4/c19-17-13-18(20,22-21-15-9-5-2-6-10-15)12-11-16(17)14-7-3-1-4-8-14/h1-12H,13,19-20H2. The number of allylic oxidation sites excluding steroid dienone is 2. The average Bonchev–Trinajstić information content (AvgIpc) is 2.55. The molecule has 0 saturated carbocycles. The van der Waals surface area contributed by atoms with Gasteiger partial charge in [-0.1, -0.05) is 54.6 Å². The van der Waals surface area contributed by atoms with E-state index < -0.39 is 5.66 Å². The Labute approximate surface area is 129 Å². The maximum atomic E-state index is 6.28. The Morgan fingerprint density at radius 2 is 1.55 bits per heavy atom. The number of nitrogens with two attached hydrogens (primary N) is 2. The Bertz CT molecular complexity index is 732. The van der Waals surface area contributed by atoms with E-state index in [1.165, 1.54) is 0 Å². The molecule has 0 aromatic heterocycles. The molecule has 0 spiro atoms. The van der Waals surface area contributed by atoms with Crippen LogP contribution in [0, 0.1) is 0 Å². The van der Waals surface area contributed by atoms with E-state index in [1.54, 1.807) is 0 Å². The number of azo groups is 1. The van der Waals surface area contributed by atoms with Crippen molar-refractivity contribution in [2.45, 2.75) is 12.1 Å². The molecule has 1 unspecified atom stereocenters. The molecule has 4 N–H and O–H groups in total. The van der Waals surface area contributed by atoms with Gasteiger partial charge in [0.25, 0.3) is 0 Å². The van der Waals surface area contributed by atoms with E-state index in [4.69, 9.17) is 11.5 Å². The molecule has 110 valence electrons. The van der Waals surface area contributed by atoms with Crippen LogP contribution < -0.4 is 11.5 Å². The van der Waals surface area contributed by atoms with Gasteiger partial charge in [-0.3, -0.25) is 0 Å². The Morgan fingerprint density at radius 3 is 2.18 bits per heavy atom. The highest BCUT2D eigenvalue weighted by molar-refractivity contribution is 5.77. The molecule has 3 rings (SSSR count). The Kier molecular flexibility index (Phi) is 3.85. The van der Waals surface area contributed by atoms with E-state index in [2.05, 4.69) is 10.2 Å². The fourth-order valence-corrected chi connectivity index (χ4v) is 2.41. The fourth-order valence-electron chi connectivity index (χ4n) is 2.41. The minimum atomic E-state index is -0.891. The summed E-state index contributed by atoms with van der Waals surface area (Å²) < 4.78 is 0. The van der Waals surface area contributed by atoms with Crippen LogP contribution >= 0.6 is 0 Å². The maximum absolute atomic E-state index is 6.28. The van der Waals surface area contributed by atoms with Crippen molar-refractivity contribution in [2.24, 2.45) is 21.7 Å². The highest BCUT2D eigenvalue weighted by atomic mass is 15.2. The molecule has 22 heavy (non-hydrogen) atoms. The summed E-state index contributed by atoms with van der Waals surface area (Å²) in [5.74, 6) is 0. The topological polar surface area (TPSA) is 76.8 Å². The third-order valence-electron chi connectivity index (χ3n) is 3.55. The molecule has 0 amide bonds. The molecule has 4 nitrogen and oxygen atoms in total. The van der Waals surface area contributed by atoms with Crippen LogP contribution in [0.2, 0.25) is 0 Å². The van der Waals surface area contributed by atoms with Gasteiger partial charge in [-0.15, -0.1) is 0 Å². The van der Waals surface area contributed by atoms with Gasteiger partial charge < -0.3 is 11.5 Å². The zero-order chi connectivity index (χ0) is 15.4. The van der Waals surface area contributed by atoms with Crippen molar-refractivity contribution in [3.05, 3.63) is 84.1 Å². The molecule has 2 aromatic carbocycles. The molecule has 0 bridgehead atoms. The van der Waals surface area contributed by atoms with Crippen LogP contribution in [-0.2, 0) is 0 Å². The van der Waals surface area contributed by atoms with Gasteiger partial charge in [0.1, 0.15) is 0 Å². The lowest BCUT2D eigenvalue weighted by Gasteiger charge is -2.25. The minimum Gasteiger partial charge on any atom is -0.401 e. The quantitative estimate of drug-likeness (QED) is 0.844. The van der Waals surface area contributed by atoms with Gasteiger partial charge in [-0.05, 0) is 23.8 Å². The summed E-state index contributed by atoms with van der Waals surface area (Å²) in [6.07, 6.45) is 4.24. The summed E-state index contributed by atoms with van der Waals surface area (Å²) in [7, 11) is 0. The molecule has 1 atom stereocenters. The van der Waals surface area contributed by atoms with E-state index >= 15 is 0 Å². The monoisotopic (exact) mass is 290 g/mol. The molecule has 1 aliphatic carbocycles. The second-order valence-corrected chi connectivity index (χ2v) is 5.34. The largest absolute Gasteiger partial charge is 0.401 e. The van der Waals surface area contributed by atoms with Crippen molar-refractivity contribution in [3.8, 4) is 0 Å². The van der Waals surface area contributed by atoms with Gasteiger partial charge in [-0.2, -0.15) is 10.2 Å². The number of benzene rings is 2. The molecule has 0 radical (unpaired) electrons. The summed E-state index contributed by atoms with van der Waals surface area (Å²) in [5.41, 5.74) is 15.2. The molecule has 0 aliphatic heterocycles. The minimum absolute atomic E-state index is 0.448. The molecular weight excluding hydrogens is 272 g/mol. The van der Waals surface area contributed by atoms with Crippen LogP contribution in [0.5, 0.6) is 0 Å². The van der Waals surface area contributed by atoms with Crippen LogP contribution in [0.4, 0.5) is 5.69 Å². The SMILES string of the molecule is NC1=C(c2ccccc2)C=CC(N)(N=Nc2ccccc2)C1. The van der Waals surface area contributed by atoms with Crippen LogP contribution in [0.25, 0.3) is 5.57 Å². The van der Waals surface area contributed by atoms with E-state index in [0.717, 1.165) is 22.5 Å². The lowest BCUT2D eigenvalue weighted by atomic mass is 9.91. The summed E-state index contributed by atoms with van der Waals surface area (Å²) in [4.78, 5) is 0. The summed E-state index contributed by atoms with van der Waals surface area (Å²) in [5, 5.41) is 8.47. The summed E-state index contributed by atoms with van der Waals surface area (Å²) in [6, 6.07) is 19.5. The van der Waals surface area contributed by atoms with Crippen LogP contribution in [0.1, 0.15) is 12.0 Å². The van der Waals surface area contributed by atoms with Crippen LogP contribution in [-0.4, -0.2) is 5.66 Å². The Balaban J connectivity index is 1.81. The zero-order valence-electron chi connectivity index (χ0n) is 12.2. The number of nitrogens with zero attached hydrogens (tertiary/aromatic N) is 2. The Morgan fingerprint density at radius 1 is 0.909 bits per heavy atom. The van der Waals surface area contributed by atoms with Crippen molar-refractivity contribution < 1.29 is 0 Å². The average molecular weight is 290 g/mol. The van der Waals surface area contributed by atoms with E-state index in [0.29, 0.717) is 6.42 Å². The Hall–Kier alpha value is -2.72. The van der Waals surface area contributed by atoms with Crippen molar-refractivity contribution in [1.82, 2.24) is 0 Å². The van der Waals surface area contributed by atoms with Crippen molar-refractivity contribution in [3.63, 3.8) is 0 Å². The number of hydrogen-bond acceptors (Lipinski definition) is 4. The highest BCUT2D eigenvalue weighted by Gasteiger charge is 2.27. The van der Waals surface area contributed by atoms with Crippen molar-refractivity contribution in [2.75, 3.05) is 0 Å². The first-order valence-corrected chi connectivity index (χ1v) is 7.16. The number of hydrogen-bond donors (Lipinski definition) is 2. The fraction of sp³-hybridized carbons (Fsp3) is 0.111. The van der Waals surface area contributed by atoms with Gasteiger partial charge in [-0.25, -0.2) is 0 Å². The first-order valence-electron chi connectivity index (χ1n) is 7.16. The third-order valence-corrected chi connectivity index (χ3v) is 3.55. The van der Waals surface area contributed by atoms with Crippen molar-refractivity contribution >= 4 is 11.3 Å². The van der Waals surface area contributed by atoms with Gasteiger partial charge >= 0.3 is 0 Å². The second kappa shape index (κ2) is 5.95. The maximum Gasteiger partial charge on any atom is 0.154 e. The van der Waals surface area contributed by atoms with Crippen LogP contribution in [0.3, 0.4) is 0 Å². The lowest BCUT2D eigenvalue weighted by molar-refractivity contribution is 0.518. The molecule has 0 fully saturated rings. The first-order chi connectivity index (χ1) is 10.7. The molecule has 0 heterocycles. The second-order valence-electron chi connectivity index (χ2n) is 5.34. The van der Waals surface area contributed by atoms with E-state index in [9.17, 15) is 0 Å². The highest BCUT2D eigenvalue weighted by Crippen LogP contribution is 2.30. The normalized spacial score (nSPS) is 21.5. The van der Waals surface area contributed by atoms with Crippen molar-refractivity contribution in [1.29, 1.82) is 0 Å². The third kappa shape index (κ3) is 3.13. The molecule has 4 heteroatoms. The lowest BCUT2D eigenvalue weighted by Crippen LogP contribution is -2.38. The van der Waals surface area contributed by atoms with Gasteiger partial charge in [0.2, 0.25) is 0 Å². The summed E-state index contributed by atoms with van der Waals surface area (Å²) in [6.45, 7) is 0. The predicted molar refractivity (Wildman–Crippen MR) is 89.2 cm³/mol. The first kappa shape index (κ1) is 14.2. The van der Waals surface area contributed by atoms with E-state index in [-0.39, 0.29) is 0 Å². The van der Waals surface area contributed by atoms with Gasteiger partial charge in [0.15, 0.2) is 5.66 Å². The number of rotatable bonds is 3. The molecular formula is C18H18N4. The summed E-state index contributed by atoms with van der Waals surface area (Å²) >= 11 is 0.